The Morgan fingerprint density at radius 3 is 2.36 bits per heavy atom. The monoisotopic (exact) mass is 333 g/mol. The molecule has 4 nitrogen and oxygen atoms in total. The fourth-order valence-corrected chi connectivity index (χ4v) is 3.64. The lowest BCUT2D eigenvalue weighted by molar-refractivity contribution is 0.0748. The van der Waals surface area contributed by atoms with E-state index in [1.807, 2.05) is 23.1 Å². The van der Waals surface area contributed by atoms with E-state index in [0.29, 0.717) is 0 Å². The molecule has 1 N–H and O–H groups in total. The largest absolute Gasteiger partial charge is 0.368 e. The molecule has 0 saturated carbocycles. The number of carbonyl (C=O) groups excluding carboxylic acids is 1. The molecule has 0 unspecified atom stereocenters. The van der Waals surface area contributed by atoms with Crippen LogP contribution in [-0.4, -0.2) is 42.0 Å². The molecule has 2 heterocycles. The summed E-state index contributed by atoms with van der Waals surface area (Å²) in [6, 6.07) is 16.4. The van der Waals surface area contributed by atoms with Gasteiger partial charge in [-0.05, 0) is 37.6 Å². The van der Waals surface area contributed by atoms with Crippen molar-refractivity contribution in [1.82, 2.24) is 9.88 Å². The maximum absolute atomic E-state index is 13.1. The minimum Gasteiger partial charge on any atom is -0.368 e. The van der Waals surface area contributed by atoms with Gasteiger partial charge in [0.05, 0.1) is 11.1 Å². The molecule has 3 aromatic rings. The molecule has 1 aromatic heterocycles. The van der Waals surface area contributed by atoms with Crippen LogP contribution in [0.25, 0.3) is 10.9 Å². The lowest BCUT2D eigenvalue weighted by Crippen LogP contribution is -2.48. The van der Waals surface area contributed by atoms with Crippen molar-refractivity contribution in [2.45, 2.75) is 13.8 Å². The van der Waals surface area contributed by atoms with Gasteiger partial charge in [0.25, 0.3) is 5.91 Å². The molecular formula is C21H23N3O. The van der Waals surface area contributed by atoms with Crippen LogP contribution in [0.1, 0.15) is 21.6 Å². The Bertz CT molecular complexity index is 906. The van der Waals surface area contributed by atoms with E-state index in [9.17, 15) is 4.79 Å². The number of piperazine rings is 1. The fourth-order valence-electron chi connectivity index (χ4n) is 3.64. The van der Waals surface area contributed by atoms with Crippen LogP contribution in [0, 0.1) is 13.8 Å². The molecule has 0 bridgehead atoms. The van der Waals surface area contributed by atoms with Crippen molar-refractivity contribution in [1.29, 1.82) is 0 Å². The van der Waals surface area contributed by atoms with Crippen LogP contribution in [0.2, 0.25) is 0 Å². The quantitative estimate of drug-likeness (QED) is 0.776. The zero-order valence-corrected chi connectivity index (χ0v) is 14.7. The first-order chi connectivity index (χ1) is 12.1. The Morgan fingerprint density at radius 2 is 1.64 bits per heavy atom. The number of aromatic nitrogens is 1. The zero-order valence-electron chi connectivity index (χ0n) is 14.7. The normalized spacial score (nSPS) is 15.0. The second-order valence-electron chi connectivity index (χ2n) is 6.72. The SMILES string of the molecule is Cc1[nH]c2c(C(=O)N3CCN(c4ccccc4)CC3)cccc2c1C. The Kier molecular flexibility index (Phi) is 3.96. The number of nitrogens with one attached hydrogen (secondary N) is 1. The maximum atomic E-state index is 13.1. The molecule has 25 heavy (non-hydrogen) atoms. The van der Waals surface area contributed by atoms with Crippen molar-refractivity contribution < 1.29 is 4.79 Å². The van der Waals surface area contributed by atoms with E-state index in [1.165, 1.54) is 11.3 Å². The van der Waals surface area contributed by atoms with Crippen molar-refractivity contribution in [3.63, 3.8) is 0 Å². The summed E-state index contributed by atoms with van der Waals surface area (Å²) in [4.78, 5) is 20.8. The van der Waals surface area contributed by atoms with Crippen LogP contribution < -0.4 is 4.90 Å². The number of benzene rings is 2. The molecule has 0 spiro atoms. The van der Waals surface area contributed by atoms with E-state index in [-0.39, 0.29) is 5.91 Å². The number of fused-ring (bicyclic) bond motifs is 1. The van der Waals surface area contributed by atoms with Crippen LogP contribution >= 0.6 is 0 Å². The Morgan fingerprint density at radius 1 is 0.920 bits per heavy atom. The minimum atomic E-state index is 0.125. The third kappa shape index (κ3) is 2.78. The number of rotatable bonds is 2. The van der Waals surface area contributed by atoms with Gasteiger partial charge in [0.15, 0.2) is 0 Å². The number of nitrogens with zero attached hydrogens (tertiary/aromatic N) is 2. The molecule has 4 heteroatoms. The number of hydrogen-bond acceptors (Lipinski definition) is 2. The fraction of sp³-hybridized carbons (Fsp3) is 0.286. The summed E-state index contributed by atoms with van der Waals surface area (Å²) in [5.74, 6) is 0.125. The first-order valence-electron chi connectivity index (χ1n) is 8.82. The molecule has 2 aromatic carbocycles. The van der Waals surface area contributed by atoms with Gasteiger partial charge in [0.1, 0.15) is 0 Å². The highest BCUT2D eigenvalue weighted by Gasteiger charge is 2.24. The molecular weight excluding hydrogens is 310 g/mol. The smallest absolute Gasteiger partial charge is 0.256 e. The van der Waals surface area contributed by atoms with Gasteiger partial charge in [-0.25, -0.2) is 0 Å². The van der Waals surface area contributed by atoms with E-state index in [0.717, 1.165) is 48.3 Å². The molecule has 1 aliphatic rings. The molecule has 128 valence electrons. The van der Waals surface area contributed by atoms with Crippen molar-refractivity contribution in [3.05, 3.63) is 65.4 Å². The average Bonchev–Trinajstić information content (AvgIpc) is 2.96. The third-order valence-electron chi connectivity index (χ3n) is 5.26. The summed E-state index contributed by atoms with van der Waals surface area (Å²) < 4.78 is 0. The topological polar surface area (TPSA) is 39.3 Å². The zero-order chi connectivity index (χ0) is 17.4. The molecule has 1 fully saturated rings. The van der Waals surface area contributed by atoms with Crippen molar-refractivity contribution >= 4 is 22.5 Å². The van der Waals surface area contributed by atoms with Gasteiger partial charge in [0, 0.05) is 42.9 Å². The van der Waals surface area contributed by atoms with Gasteiger partial charge in [0.2, 0.25) is 0 Å². The Labute approximate surface area is 148 Å². The van der Waals surface area contributed by atoms with Crippen LogP contribution in [0.5, 0.6) is 0 Å². The first kappa shape index (κ1) is 15.8. The summed E-state index contributed by atoms with van der Waals surface area (Å²) in [7, 11) is 0. The number of hydrogen-bond donors (Lipinski definition) is 1. The number of amides is 1. The molecule has 1 aliphatic heterocycles. The highest BCUT2D eigenvalue weighted by molar-refractivity contribution is 6.06. The Balaban J connectivity index is 1.54. The predicted molar refractivity (Wildman–Crippen MR) is 102 cm³/mol. The summed E-state index contributed by atoms with van der Waals surface area (Å²) in [5, 5.41) is 1.14. The second kappa shape index (κ2) is 6.28. The highest BCUT2D eigenvalue weighted by Crippen LogP contribution is 2.25. The molecule has 0 radical (unpaired) electrons. The molecule has 0 aliphatic carbocycles. The molecule has 4 rings (SSSR count). The lowest BCUT2D eigenvalue weighted by Gasteiger charge is -2.36. The summed E-state index contributed by atoms with van der Waals surface area (Å²) in [5.41, 5.74) is 5.32. The van der Waals surface area contributed by atoms with E-state index in [4.69, 9.17) is 0 Å². The van der Waals surface area contributed by atoms with Crippen LogP contribution in [-0.2, 0) is 0 Å². The summed E-state index contributed by atoms with van der Waals surface area (Å²) >= 11 is 0. The van der Waals surface area contributed by atoms with Crippen molar-refractivity contribution in [2.24, 2.45) is 0 Å². The summed E-state index contributed by atoms with van der Waals surface area (Å²) in [6.45, 7) is 7.40. The molecule has 0 atom stereocenters. The lowest BCUT2D eigenvalue weighted by atomic mass is 10.1. The predicted octanol–water partition coefficient (Wildman–Crippen LogP) is 3.75. The number of para-hydroxylation sites is 2. The number of H-pyrrole nitrogens is 1. The highest BCUT2D eigenvalue weighted by atomic mass is 16.2. The Hall–Kier alpha value is -2.75. The van der Waals surface area contributed by atoms with Crippen molar-refractivity contribution in [2.75, 3.05) is 31.1 Å². The number of aromatic amines is 1. The van der Waals surface area contributed by atoms with Gasteiger partial charge in [-0.1, -0.05) is 30.3 Å². The van der Waals surface area contributed by atoms with Crippen LogP contribution in [0.15, 0.2) is 48.5 Å². The maximum Gasteiger partial charge on any atom is 0.256 e. The van der Waals surface area contributed by atoms with E-state index in [2.05, 4.69) is 54.1 Å². The number of aryl methyl sites for hydroxylation is 2. The van der Waals surface area contributed by atoms with E-state index in [1.54, 1.807) is 0 Å². The number of anilines is 1. The van der Waals surface area contributed by atoms with Gasteiger partial charge >= 0.3 is 0 Å². The van der Waals surface area contributed by atoms with Crippen molar-refractivity contribution in [3.8, 4) is 0 Å². The van der Waals surface area contributed by atoms with Crippen LogP contribution in [0.3, 0.4) is 0 Å². The summed E-state index contributed by atoms with van der Waals surface area (Å²) in [6.07, 6.45) is 0. The number of carbonyl (C=O) groups is 1. The van der Waals surface area contributed by atoms with Gasteiger partial charge < -0.3 is 14.8 Å². The van der Waals surface area contributed by atoms with E-state index < -0.39 is 0 Å². The molecule has 1 saturated heterocycles. The third-order valence-corrected chi connectivity index (χ3v) is 5.26. The van der Waals surface area contributed by atoms with Gasteiger partial charge in [-0.3, -0.25) is 4.79 Å². The van der Waals surface area contributed by atoms with Gasteiger partial charge in [-0.15, -0.1) is 0 Å². The van der Waals surface area contributed by atoms with Crippen LogP contribution in [0.4, 0.5) is 5.69 Å². The molecule has 1 amide bonds. The first-order valence-corrected chi connectivity index (χ1v) is 8.82. The second-order valence-corrected chi connectivity index (χ2v) is 6.72. The average molecular weight is 333 g/mol. The minimum absolute atomic E-state index is 0.125. The van der Waals surface area contributed by atoms with Gasteiger partial charge in [-0.2, -0.15) is 0 Å². The standard InChI is InChI=1S/C21H23N3O/c1-15-16(2)22-20-18(15)9-6-10-19(20)21(25)24-13-11-23(12-14-24)17-7-4-3-5-8-17/h3-10,22H,11-14H2,1-2H3. The van der Waals surface area contributed by atoms with E-state index >= 15 is 0 Å².